The van der Waals surface area contributed by atoms with E-state index >= 15 is 0 Å². The Balaban J connectivity index is 2.93. The minimum Gasteiger partial charge on any atom is -0.330 e. The highest BCUT2D eigenvalue weighted by Gasteiger charge is 2.20. The molecule has 0 bridgehead atoms. The van der Waals surface area contributed by atoms with Crippen LogP contribution in [-0.4, -0.2) is 11.5 Å². The summed E-state index contributed by atoms with van der Waals surface area (Å²) in [5, 5.41) is 0. The molecule has 0 saturated heterocycles. The van der Waals surface area contributed by atoms with E-state index in [1.807, 2.05) is 13.0 Å². The van der Waals surface area contributed by atoms with Gasteiger partial charge in [-0.25, -0.2) is 0 Å². The van der Waals surface area contributed by atoms with Crippen LogP contribution in [0, 0.1) is 6.92 Å². The maximum atomic E-state index is 5.56. The second-order valence-corrected chi connectivity index (χ2v) is 4.09. The van der Waals surface area contributed by atoms with Gasteiger partial charge in [0.25, 0.3) is 0 Å². The molecule has 0 spiro atoms. The van der Waals surface area contributed by atoms with Crippen LogP contribution in [0.4, 0.5) is 0 Å². The summed E-state index contributed by atoms with van der Waals surface area (Å²) in [6.07, 6.45) is 0.976. The predicted octanol–water partition coefficient (Wildman–Crippen LogP) is 2.02. The average molecular weight is 178 g/mol. The molecule has 2 nitrogen and oxygen atoms in total. The summed E-state index contributed by atoms with van der Waals surface area (Å²) in [5.74, 6) is 0. The molecular weight excluding hydrogens is 160 g/mol. The lowest BCUT2D eigenvalue weighted by Crippen LogP contribution is -2.23. The summed E-state index contributed by atoms with van der Waals surface area (Å²) in [7, 11) is 0. The van der Waals surface area contributed by atoms with Gasteiger partial charge in [-0.05, 0) is 32.0 Å². The third-order valence-electron chi connectivity index (χ3n) is 2.35. The van der Waals surface area contributed by atoms with Crippen molar-refractivity contribution in [1.82, 2.24) is 4.98 Å². The van der Waals surface area contributed by atoms with Crippen molar-refractivity contribution in [2.75, 3.05) is 6.54 Å². The van der Waals surface area contributed by atoms with Gasteiger partial charge in [0.15, 0.2) is 0 Å². The molecule has 1 rings (SSSR count). The van der Waals surface area contributed by atoms with Crippen LogP contribution in [0.15, 0.2) is 18.2 Å². The molecule has 2 heteroatoms. The summed E-state index contributed by atoms with van der Waals surface area (Å²) >= 11 is 0. The topological polar surface area (TPSA) is 38.9 Å². The number of hydrogen-bond acceptors (Lipinski definition) is 2. The standard InChI is InChI=1S/C11H18N2/c1-9-5-4-6-10(13-9)11(2,3)7-8-12/h4-6H,7-8,12H2,1-3H3. The summed E-state index contributed by atoms with van der Waals surface area (Å²) in [5.41, 5.74) is 7.87. The SMILES string of the molecule is Cc1cccc(C(C)(C)CCN)n1. The van der Waals surface area contributed by atoms with Gasteiger partial charge < -0.3 is 5.73 Å². The lowest BCUT2D eigenvalue weighted by atomic mass is 9.85. The van der Waals surface area contributed by atoms with Gasteiger partial charge in [-0.15, -0.1) is 0 Å². The molecule has 0 unspecified atom stereocenters. The van der Waals surface area contributed by atoms with Crippen LogP contribution >= 0.6 is 0 Å². The van der Waals surface area contributed by atoms with Gasteiger partial charge in [-0.1, -0.05) is 19.9 Å². The van der Waals surface area contributed by atoms with Crippen LogP contribution in [0.1, 0.15) is 31.7 Å². The Kier molecular flexibility index (Phi) is 3.04. The molecule has 0 saturated carbocycles. The number of nitrogens with zero attached hydrogens (tertiary/aromatic N) is 1. The zero-order chi connectivity index (χ0) is 9.90. The Hall–Kier alpha value is -0.890. The van der Waals surface area contributed by atoms with Crippen LogP contribution in [0.3, 0.4) is 0 Å². The molecule has 0 aliphatic heterocycles. The van der Waals surface area contributed by atoms with Crippen molar-refractivity contribution in [1.29, 1.82) is 0 Å². The van der Waals surface area contributed by atoms with E-state index in [0.29, 0.717) is 6.54 Å². The molecular formula is C11H18N2. The highest BCUT2D eigenvalue weighted by molar-refractivity contribution is 5.17. The summed E-state index contributed by atoms with van der Waals surface area (Å²) in [6.45, 7) is 7.09. The number of aromatic nitrogens is 1. The summed E-state index contributed by atoms with van der Waals surface area (Å²) in [4.78, 5) is 4.51. The fraction of sp³-hybridized carbons (Fsp3) is 0.545. The van der Waals surface area contributed by atoms with Crippen LogP contribution in [0.25, 0.3) is 0 Å². The van der Waals surface area contributed by atoms with Crippen molar-refractivity contribution in [3.63, 3.8) is 0 Å². The number of pyridine rings is 1. The van der Waals surface area contributed by atoms with E-state index in [2.05, 4.69) is 31.0 Å². The van der Waals surface area contributed by atoms with Crippen molar-refractivity contribution < 1.29 is 0 Å². The Morgan fingerprint density at radius 1 is 1.38 bits per heavy atom. The van der Waals surface area contributed by atoms with Gasteiger partial charge in [-0.2, -0.15) is 0 Å². The van der Waals surface area contributed by atoms with Gasteiger partial charge in [0.2, 0.25) is 0 Å². The molecule has 0 aliphatic carbocycles. The molecule has 0 radical (unpaired) electrons. The van der Waals surface area contributed by atoms with Crippen molar-refractivity contribution in [2.45, 2.75) is 32.6 Å². The fourth-order valence-electron chi connectivity index (χ4n) is 1.41. The zero-order valence-electron chi connectivity index (χ0n) is 8.67. The predicted molar refractivity (Wildman–Crippen MR) is 55.7 cm³/mol. The monoisotopic (exact) mass is 178 g/mol. The molecule has 2 N–H and O–H groups in total. The molecule has 72 valence electrons. The Morgan fingerprint density at radius 2 is 2.08 bits per heavy atom. The van der Waals surface area contributed by atoms with E-state index in [1.165, 1.54) is 0 Å². The second-order valence-electron chi connectivity index (χ2n) is 4.09. The molecule has 0 aliphatic rings. The van der Waals surface area contributed by atoms with E-state index in [9.17, 15) is 0 Å². The minimum atomic E-state index is 0.0980. The molecule has 1 aromatic heterocycles. The van der Waals surface area contributed by atoms with Gasteiger partial charge in [0.05, 0.1) is 0 Å². The maximum absolute atomic E-state index is 5.56. The lowest BCUT2D eigenvalue weighted by Gasteiger charge is -2.23. The molecule has 0 fully saturated rings. The Morgan fingerprint density at radius 3 is 2.62 bits per heavy atom. The largest absolute Gasteiger partial charge is 0.330 e. The average Bonchev–Trinajstić information content (AvgIpc) is 2.04. The van der Waals surface area contributed by atoms with Crippen LogP contribution in [0.2, 0.25) is 0 Å². The third-order valence-corrected chi connectivity index (χ3v) is 2.35. The fourth-order valence-corrected chi connectivity index (χ4v) is 1.41. The quantitative estimate of drug-likeness (QED) is 0.769. The van der Waals surface area contributed by atoms with Gasteiger partial charge in [0, 0.05) is 16.8 Å². The maximum Gasteiger partial charge on any atom is 0.0463 e. The van der Waals surface area contributed by atoms with Crippen molar-refractivity contribution in [3.05, 3.63) is 29.6 Å². The van der Waals surface area contributed by atoms with E-state index in [0.717, 1.165) is 17.8 Å². The first-order valence-corrected chi connectivity index (χ1v) is 4.70. The number of hydrogen-bond donors (Lipinski definition) is 1. The molecule has 0 amide bonds. The first-order chi connectivity index (χ1) is 6.06. The Labute approximate surface area is 80.2 Å². The molecule has 1 heterocycles. The smallest absolute Gasteiger partial charge is 0.0463 e. The number of nitrogens with two attached hydrogens (primary N) is 1. The molecule has 0 aromatic carbocycles. The summed E-state index contributed by atoms with van der Waals surface area (Å²) in [6, 6.07) is 6.14. The normalized spacial score (nSPS) is 11.7. The van der Waals surface area contributed by atoms with Crippen LogP contribution in [0.5, 0.6) is 0 Å². The highest BCUT2D eigenvalue weighted by Crippen LogP contribution is 2.24. The third kappa shape index (κ3) is 2.52. The molecule has 13 heavy (non-hydrogen) atoms. The van der Waals surface area contributed by atoms with Gasteiger partial charge in [-0.3, -0.25) is 4.98 Å². The van der Waals surface area contributed by atoms with Crippen molar-refractivity contribution in [2.24, 2.45) is 5.73 Å². The van der Waals surface area contributed by atoms with Crippen molar-refractivity contribution in [3.8, 4) is 0 Å². The molecule has 0 atom stereocenters. The second kappa shape index (κ2) is 3.88. The van der Waals surface area contributed by atoms with E-state index in [4.69, 9.17) is 5.73 Å². The molecule has 1 aromatic rings. The Bertz CT molecular complexity index is 279. The zero-order valence-corrected chi connectivity index (χ0v) is 8.67. The number of rotatable bonds is 3. The van der Waals surface area contributed by atoms with E-state index < -0.39 is 0 Å². The van der Waals surface area contributed by atoms with Crippen LogP contribution < -0.4 is 5.73 Å². The highest BCUT2D eigenvalue weighted by atomic mass is 14.7. The summed E-state index contributed by atoms with van der Waals surface area (Å²) < 4.78 is 0. The van der Waals surface area contributed by atoms with E-state index in [-0.39, 0.29) is 5.41 Å². The van der Waals surface area contributed by atoms with Gasteiger partial charge >= 0.3 is 0 Å². The minimum absolute atomic E-state index is 0.0980. The number of aryl methyl sites for hydroxylation is 1. The van der Waals surface area contributed by atoms with Crippen molar-refractivity contribution >= 4 is 0 Å². The first kappa shape index (κ1) is 10.2. The van der Waals surface area contributed by atoms with Gasteiger partial charge in [0.1, 0.15) is 0 Å². The van der Waals surface area contributed by atoms with Crippen LogP contribution in [-0.2, 0) is 5.41 Å². The van der Waals surface area contributed by atoms with E-state index in [1.54, 1.807) is 0 Å². The lowest BCUT2D eigenvalue weighted by molar-refractivity contribution is 0.472. The first-order valence-electron chi connectivity index (χ1n) is 4.70.